The van der Waals surface area contributed by atoms with Crippen molar-refractivity contribution in [3.63, 3.8) is 0 Å². The van der Waals surface area contributed by atoms with Gasteiger partial charge in [-0.05, 0) is 18.2 Å². The van der Waals surface area contributed by atoms with Crippen molar-refractivity contribution in [3.8, 4) is 5.75 Å². The van der Waals surface area contributed by atoms with E-state index in [1.54, 1.807) is 25.3 Å². The maximum atomic E-state index is 8.54. The van der Waals surface area contributed by atoms with Gasteiger partial charge in [0, 0.05) is 25.7 Å². The van der Waals surface area contributed by atoms with Gasteiger partial charge in [0.25, 0.3) is 0 Å². The van der Waals surface area contributed by atoms with E-state index in [4.69, 9.17) is 32.0 Å². The quantitative estimate of drug-likeness (QED) is 0.268. The topological polar surface area (TPSA) is 77.1 Å². The number of methoxy groups -OCH3 is 1. The molecule has 0 atom stereocenters. The molecule has 0 saturated carbocycles. The van der Waals surface area contributed by atoms with E-state index in [1.807, 2.05) is 0 Å². The van der Waals surface area contributed by atoms with Gasteiger partial charge in [0.1, 0.15) is 5.75 Å². The summed E-state index contributed by atoms with van der Waals surface area (Å²) < 4.78 is 10.4. The first kappa shape index (κ1) is 13.6. The van der Waals surface area contributed by atoms with Gasteiger partial charge in [-0.3, -0.25) is 0 Å². The van der Waals surface area contributed by atoms with Crippen LogP contribution < -0.4 is 10.5 Å². The van der Waals surface area contributed by atoms with Crippen molar-refractivity contribution in [2.24, 2.45) is 10.9 Å². The smallest absolute Gasteiger partial charge is 0.171 e. The number of benzene rings is 1. The zero-order valence-electron chi connectivity index (χ0n) is 9.52. The Hall–Kier alpha value is -1.46. The summed E-state index contributed by atoms with van der Waals surface area (Å²) in [5, 5.41) is 11.8. The number of oxime groups is 1. The minimum atomic E-state index is -0.0269. The van der Waals surface area contributed by atoms with Gasteiger partial charge in [-0.1, -0.05) is 16.8 Å². The third-order valence-corrected chi connectivity index (χ3v) is 2.40. The van der Waals surface area contributed by atoms with Crippen molar-refractivity contribution in [1.29, 1.82) is 0 Å². The molecular formula is C11H15ClN2O3. The van der Waals surface area contributed by atoms with E-state index in [1.165, 1.54) is 0 Å². The second-order valence-corrected chi connectivity index (χ2v) is 3.73. The maximum Gasteiger partial charge on any atom is 0.171 e. The number of hydrogen-bond donors (Lipinski definition) is 2. The average Bonchev–Trinajstić information content (AvgIpc) is 2.34. The Morgan fingerprint density at radius 2 is 2.24 bits per heavy atom. The molecule has 3 N–H and O–H groups in total. The fraction of sp³-hybridized carbons (Fsp3) is 0.364. The molecule has 6 heteroatoms. The highest BCUT2D eigenvalue weighted by Gasteiger charge is 2.06. The summed E-state index contributed by atoms with van der Waals surface area (Å²) in [5.41, 5.74) is 5.91. The fourth-order valence-corrected chi connectivity index (χ4v) is 1.51. The molecule has 0 aromatic heterocycles. The number of rotatable bonds is 6. The number of nitrogens with zero attached hydrogens (tertiary/aromatic N) is 1. The highest BCUT2D eigenvalue weighted by Crippen LogP contribution is 2.22. The van der Waals surface area contributed by atoms with Crippen molar-refractivity contribution in [3.05, 3.63) is 28.8 Å². The lowest BCUT2D eigenvalue weighted by atomic mass is 10.2. The summed E-state index contributed by atoms with van der Waals surface area (Å²) >= 11 is 5.97. The first-order valence-electron chi connectivity index (χ1n) is 5.08. The van der Waals surface area contributed by atoms with E-state index < -0.39 is 0 Å². The molecule has 0 bridgehead atoms. The number of halogens is 1. The van der Waals surface area contributed by atoms with Crippen LogP contribution in [0.25, 0.3) is 0 Å². The second kappa shape index (κ2) is 6.98. The van der Waals surface area contributed by atoms with Gasteiger partial charge in [-0.25, -0.2) is 0 Å². The molecule has 0 fully saturated rings. The summed E-state index contributed by atoms with van der Waals surface area (Å²) in [6.07, 6.45) is 0.802. The van der Waals surface area contributed by atoms with Gasteiger partial charge in [-0.15, -0.1) is 0 Å². The fourth-order valence-electron chi connectivity index (χ4n) is 1.24. The van der Waals surface area contributed by atoms with Crippen LogP contribution in [0.4, 0.5) is 0 Å². The monoisotopic (exact) mass is 258 g/mol. The van der Waals surface area contributed by atoms with E-state index in [-0.39, 0.29) is 5.84 Å². The first-order chi connectivity index (χ1) is 8.19. The number of ether oxygens (including phenoxy) is 2. The van der Waals surface area contributed by atoms with E-state index in [9.17, 15) is 0 Å². The average molecular weight is 259 g/mol. The van der Waals surface area contributed by atoms with Crippen LogP contribution >= 0.6 is 11.6 Å². The van der Waals surface area contributed by atoms with Crippen LogP contribution in [0.1, 0.15) is 12.0 Å². The number of amidine groups is 1. The molecule has 0 unspecified atom stereocenters. The zero-order chi connectivity index (χ0) is 12.7. The highest BCUT2D eigenvalue weighted by molar-refractivity contribution is 6.34. The largest absolute Gasteiger partial charge is 0.493 e. The lowest BCUT2D eigenvalue weighted by molar-refractivity contribution is 0.172. The molecular weight excluding hydrogens is 244 g/mol. The van der Waals surface area contributed by atoms with Crippen molar-refractivity contribution in [1.82, 2.24) is 0 Å². The molecule has 0 saturated heterocycles. The molecule has 0 aliphatic heterocycles. The van der Waals surface area contributed by atoms with Crippen LogP contribution in [0.3, 0.4) is 0 Å². The summed E-state index contributed by atoms with van der Waals surface area (Å²) in [5.74, 6) is 0.613. The summed E-state index contributed by atoms with van der Waals surface area (Å²) in [6, 6.07) is 4.98. The summed E-state index contributed by atoms with van der Waals surface area (Å²) in [6.45, 7) is 1.20. The first-order valence-corrected chi connectivity index (χ1v) is 5.46. The molecule has 0 aliphatic carbocycles. The molecule has 17 heavy (non-hydrogen) atoms. The maximum absolute atomic E-state index is 8.54. The van der Waals surface area contributed by atoms with Crippen molar-refractivity contribution < 1.29 is 14.7 Å². The molecule has 1 aromatic carbocycles. The Balaban J connectivity index is 2.63. The van der Waals surface area contributed by atoms with Crippen LogP contribution in [-0.4, -0.2) is 31.4 Å². The molecule has 0 heterocycles. The number of nitrogens with two attached hydrogens (primary N) is 1. The van der Waals surface area contributed by atoms with Crippen LogP contribution in [0.2, 0.25) is 5.02 Å². The van der Waals surface area contributed by atoms with Crippen molar-refractivity contribution in [2.75, 3.05) is 20.3 Å². The molecule has 5 nitrogen and oxygen atoms in total. The van der Waals surface area contributed by atoms with Gasteiger partial charge in [0.15, 0.2) is 5.84 Å². The summed E-state index contributed by atoms with van der Waals surface area (Å²) in [4.78, 5) is 0. The van der Waals surface area contributed by atoms with Gasteiger partial charge >= 0.3 is 0 Å². The van der Waals surface area contributed by atoms with Crippen LogP contribution in [0.15, 0.2) is 23.4 Å². The van der Waals surface area contributed by atoms with E-state index in [0.717, 1.165) is 6.42 Å². The zero-order valence-corrected chi connectivity index (χ0v) is 10.3. The highest BCUT2D eigenvalue weighted by atomic mass is 35.5. The minimum absolute atomic E-state index is 0.0269. The van der Waals surface area contributed by atoms with Gasteiger partial charge in [0.2, 0.25) is 0 Å². The standard InChI is InChI=1S/C11H15ClN2O3/c1-16-5-2-6-17-8-3-4-9(10(12)7-8)11(13)14-15/h3-4,7,15H,2,5-6H2,1H3,(H2,13,14). The molecule has 0 amide bonds. The third kappa shape index (κ3) is 4.13. The van der Waals surface area contributed by atoms with Crippen LogP contribution in [0, 0.1) is 0 Å². The molecule has 94 valence electrons. The Labute approximate surface area is 105 Å². The van der Waals surface area contributed by atoms with Crippen molar-refractivity contribution >= 4 is 17.4 Å². The van der Waals surface area contributed by atoms with E-state index in [2.05, 4.69) is 5.16 Å². The van der Waals surface area contributed by atoms with Crippen molar-refractivity contribution in [2.45, 2.75) is 6.42 Å². The SMILES string of the molecule is COCCCOc1ccc(C(N)=NO)c(Cl)c1. The molecule has 0 spiro atoms. The minimum Gasteiger partial charge on any atom is -0.493 e. The summed E-state index contributed by atoms with van der Waals surface area (Å²) in [7, 11) is 1.64. The molecule has 0 radical (unpaired) electrons. The molecule has 0 aliphatic rings. The third-order valence-electron chi connectivity index (χ3n) is 2.09. The molecule has 1 aromatic rings. The molecule has 1 rings (SSSR count). The lowest BCUT2D eigenvalue weighted by Crippen LogP contribution is -2.13. The second-order valence-electron chi connectivity index (χ2n) is 3.32. The van der Waals surface area contributed by atoms with Gasteiger partial charge in [0.05, 0.1) is 11.6 Å². The Morgan fingerprint density at radius 1 is 1.47 bits per heavy atom. The predicted molar refractivity (Wildman–Crippen MR) is 66.0 cm³/mol. The Morgan fingerprint density at radius 3 is 2.82 bits per heavy atom. The van der Waals surface area contributed by atoms with Crippen LogP contribution in [-0.2, 0) is 4.74 Å². The predicted octanol–water partition coefficient (Wildman–Crippen LogP) is 1.85. The van der Waals surface area contributed by atoms with Crippen LogP contribution in [0.5, 0.6) is 5.75 Å². The van der Waals surface area contributed by atoms with Gasteiger partial charge < -0.3 is 20.4 Å². The van der Waals surface area contributed by atoms with E-state index in [0.29, 0.717) is 29.5 Å². The Bertz CT molecular complexity index is 396. The Kier molecular flexibility index (Phi) is 5.59. The normalized spacial score (nSPS) is 11.5. The van der Waals surface area contributed by atoms with E-state index >= 15 is 0 Å². The lowest BCUT2D eigenvalue weighted by Gasteiger charge is -2.08. The van der Waals surface area contributed by atoms with Gasteiger partial charge in [-0.2, -0.15) is 0 Å². The number of hydrogen-bond acceptors (Lipinski definition) is 4.